The molecule has 0 amide bonds. The topological polar surface area (TPSA) is 34.1 Å². The number of aryl methyl sites for hydroxylation is 1. The maximum atomic E-state index is 12.8. The van der Waals surface area contributed by atoms with Crippen LogP contribution in [0.25, 0.3) is 0 Å². The second-order valence-corrected chi connectivity index (χ2v) is 5.10. The lowest BCUT2D eigenvalue weighted by molar-refractivity contribution is 0.406. The van der Waals surface area contributed by atoms with Crippen molar-refractivity contribution in [1.82, 2.24) is 10.3 Å². The second-order valence-electron chi connectivity index (χ2n) is 5.10. The molecule has 0 saturated heterocycles. The highest BCUT2D eigenvalue weighted by Gasteiger charge is 2.08. The van der Waals surface area contributed by atoms with Gasteiger partial charge >= 0.3 is 0 Å². The summed E-state index contributed by atoms with van der Waals surface area (Å²) in [7, 11) is 1.68. The van der Waals surface area contributed by atoms with E-state index in [0.717, 1.165) is 41.1 Å². The molecule has 1 aromatic heterocycles. The van der Waals surface area contributed by atoms with Gasteiger partial charge in [0.15, 0.2) is 0 Å². The molecule has 21 heavy (non-hydrogen) atoms. The second kappa shape index (κ2) is 7.18. The quantitative estimate of drug-likeness (QED) is 0.829. The fourth-order valence-electron chi connectivity index (χ4n) is 2.34. The highest BCUT2D eigenvalue weighted by Crippen LogP contribution is 2.23. The van der Waals surface area contributed by atoms with E-state index in [1.54, 1.807) is 7.11 Å². The van der Waals surface area contributed by atoms with Crippen molar-refractivity contribution in [1.29, 1.82) is 0 Å². The highest BCUT2D eigenvalue weighted by molar-refractivity contribution is 5.40. The number of nitrogens with zero attached hydrogens (tertiary/aromatic N) is 1. The van der Waals surface area contributed by atoms with Crippen molar-refractivity contribution >= 4 is 0 Å². The molecular formula is C17H21FN2O. The van der Waals surface area contributed by atoms with Crippen LogP contribution in [0.15, 0.2) is 30.5 Å². The zero-order valence-corrected chi connectivity index (χ0v) is 12.7. The molecule has 0 aliphatic heterocycles. The minimum Gasteiger partial charge on any atom is -0.496 e. The highest BCUT2D eigenvalue weighted by atomic mass is 19.1. The van der Waals surface area contributed by atoms with E-state index in [1.165, 1.54) is 12.1 Å². The number of hydrogen-bond donors (Lipinski definition) is 1. The first-order valence-corrected chi connectivity index (χ1v) is 7.06. The van der Waals surface area contributed by atoms with Crippen LogP contribution in [0.1, 0.15) is 22.4 Å². The molecule has 1 N–H and O–H groups in total. The Hall–Kier alpha value is -1.94. The van der Waals surface area contributed by atoms with E-state index in [-0.39, 0.29) is 5.82 Å². The van der Waals surface area contributed by atoms with Gasteiger partial charge in [0.1, 0.15) is 11.6 Å². The van der Waals surface area contributed by atoms with Gasteiger partial charge in [0, 0.05) is 23.9 Å². The van der Waals surface area contributed by atoms with Crippen molar-refractivity contribution in [2.24, 2.45) is 0 Å². The Morgan fingerprint density at radius 3 is 2.57 bits per heavy atom. The summed E-state index contributed by atoms with van der Waals surface area (Å²) in [5, 5.41) is 3.36. The maximum Gasteiger partial charge on any atom is 0.128 e. The van der Waals surface area contributed by atoms with Gasteiger partial charge in [-0.1, -0.05) is 12.1 Å². The van der Waals surface area contributed by atoms with Gasteiger partial charge in [-0.15, -0.1) is 0 Å². The predicted molar refractivity (Wildman–Crippen MR) is 82.1 cm³/mol. The van der Waals surface area contributed by atoms with Gasteiger partial charge in [-0.05, 0) is 44.5 Å². The monoisotopic (exact) mass is 288 g/mol. The Labute approximate surface area is 125 Å². The van der Waals surface area contributed by atoms with Gasteiger partial charge in [0.05, 0.1) is 12.8 Å². The smallest absolute Gasteiger partial charge is 0.128 e. The predicted octanol–water partition coefficient (Wildman–Crippen LogP) is 3.18. The van der Waals surface area contributed by atoms with Gasteiger partial charge in [0.25, 0.3) is 0 Å². The summed E-state index contributed by atoms with van der Waals surface area (Å²) in [6, 6.07) is 6.61. The molecule has 0 saturated carbocycles. The summed E-state index contributed by atoms with van der Waals surface area (Å²) < 4.78 is 18.2. The number of pyridine rings is 1. The Morgan fingerprint density at radius 1 is 1.19 bits per heavy atom. The summed E-state index contributed by atoms with van der Waals surface area (Å²) in [5.74, 6) is 0.707. The molecule has 2 aromatic rings. The van der Waals surface area contributed by atoms with Crippen molar-refractivity contribution in [3.8, 4) is 5.75 Å². The van der Waals surface area contributed by atoms with Crippen LogP contribution in [0.4, 0.5) is 4.39 Å². The molecule has 0 atom stereocenters. The zero-order valence-electron chi connectivity index (χ0n) is 12.7. The molecule has 0 spiro atoms. The Bertz CT molecular complexity index is 596. The van der Waals surface area contributed by atoms with Crippen LogP contribution in [0, 0.1) is 19.7 Å². The number of ether oxygens (including phenoxy) is 1. The number of nitrogens with one attached hydrogen (secondary N) is 1. The van der Waals surface area contributed by atoms with Crippen LogP contribution in [-0.2, 0) is 13.0 Å². The van der Waals surface area contributed by atoms with Crippen LogP contribution in [-0.4, -0.2) is 18.6 Å². The molecule has 1 aromatic carbocycles. The van der Waals surface area contributed by atoms with Gasteiger partial charge < -0.3 is 10.1 Å². The minimum atomic E-state index is -0.196. The average molecular weight is 288 g/mol. The first-order chi connectivity index (χ1) is 10.1. The summed E-state index contributed by atoms with van der Waals surface area (Å²) >= 11 is 0. The molecule has 112 valence electrons. The summed E-state index contributed by atoms with van der Waals surface area (Å²) in [5.41, 5.74) is 4.24. The molecule has 0 radical (unpaired) electrons. The number of rotatable bonds is 6. The van der Waals surface area contributed by atoms with Crippen molar-refractivity contribution < 1.29 is 9.13 Å². The molecule has 3 nitrogen and oxygen atoms in total. The summed E-state index contributed by atoms with van der Waals surface area (Å²) in [4.78, 5) is 4.45. The molecule has 0 fully saturated rings. The van der Waals surface area contributed by atoms with Crippen molar-refractivity contribution in [3.63, 3.8) is 0 Å². The molecule has 0 aliphatic carbocycles. The largest absolute Gasteiger partial charge is 0.496 e. The first-order valence-electron chi connectivity index (χ1n) is 7.06. The van der Waals surface area contributed by atoms with Crippen LogP contribution in [0.3, 0.4) is 0 Å². The summed E-state index contributed by atoms with van der Waals surface area (Å²) in [6.07, 6.45) is 2.70. The number of methoxy groups -OCH3 is 1. The number of halogens is 1. The Kier molecular flexibility index (Phi) is 5.28. The number of hydrogen-bond acceptors (Lipinski definition) is 3. The third-order valence-electron chi connectivity index (χ3n) is 3.55. The third-order valence-corrected chi connectivity index (χ3v) is 3.55. The Morgan fingerprint density at radius 2 is 1.90 bits per heavy atom. The average Bonchev–Trinajstić information content (AvgIpc) is 2.48. The van der Waals surface area contributed by atoms with E-state index in [2.05, 4.69) is 10.3 Å². The van der Waals surface area contributed by atoms with Gasteiger partial charge in [-0.2, -0.15) is 0 Å². The van der Waals surface area contributed by atoms with E-state index < -0.39 is 0 Å². The zero-order chi connectivity index (χ0) is 15.2. The van der Waals surface area contributed by atoms with Crippen molar-refractivity contribution in [2.75, 3.05) is 13.7 Å². The van der Waals surface area contributed by atoms with E-state index in [9.17, 15) is 4.39 Å². The normalized spacial score (nSPS) is 10.7. The number of aromatic nitrogens is 1. The molecule has 4 heteroatoms. The van der Waals surface area contributed by atoms with Crippen LogP contribution >= 0.6 is 0 Å². The van der Waals surface area contributed by atoms with Gasteiger partial charge in [0.2, 0.25) is 0 Å². The van der Waals surface area contributed by atoms with Crippen LogP contribution < -0.4 is 10.1 Å². The molecule has 0 aliphatic rings. The first kappa shape index (κ1) is 15.4. The molecule has 1 heterocycles. The minimum absolute atomic E-state index is 0.196. The fourth-order valence-corrected chi connectivity index (χ4v) is 2.34. The lowest BCUT2D eigenvalue weighted by Gasteiger charge is -2.12. The molecule has 0 bridgehead atoms. The maximum absolute atomic E-state index is 12.8. The van der Waals surface area contributed by atoms with Gasteiger partial charge in [-0.25, -0.2) is 4.39 Å². The lowest BCUT2D eigenvalue weighted by Crippen LogP contribution is -2.18. The molecule has 2 rings (SSSR count). The van der Waals surface area contributed by atoms with Crippen LogP contribution in [0.2, 0.25) is 0 Å². The SMILES string of the molecule is COc1c(C)cnc(CNCCc2ccc(F)cc2)c1C. The molecule has 0 unspecified atom stereocenters. The van der Waals surface area contributed by atoms with Crippen molar-refractivity contribution in [2.45, 2.75) is 26.8 Å². The Balaban J connectivity index is 1.88. The van der Waals surface area contributed by atoms with Crippen LogP contribution in [0.5, 0.6) is 5.75 Å². The van der Waals surface area contributed by atoms with E-state index in [4.69, 9.17) is 4.74 Å². The molecular weight excluding hydrogens is 267 g/mol. The van der Waals surface area contributed by atoms with E-state index in [1.807, 2.05) is 32.2 Å². The fraction of sp³-hybridized carbons (Fsp3) is 0.353. The van der Waals surface area contributed by atoms with E-state index >= 15 is 0 Å². The third kappa shape index (κ3) is 4.02. The van der Waals surface area contributed by atoms with Gasteiger partial charge in [-0.3, -0.25) is 4.98 Å². The van der Waals surface area contributed by atoms with E-state index in [0.29, 0.717) is 6.54 Å². The standard InChI is InChI=1S/C17H21FN2O/c1-12-10-20-16(13(2)17(12)21-3)11-19-9-8-14-4-6-15(18)7-5-14/h4-7,10,19H,8-9,11H2,1-3H3. The summed E-state index contributed by atoms with van der Waals surface area (Å²) in [6.45, 7) is 5.53. The lowest BCUT2D eigenvalue weighted by atomic mass is 10.1. The number of benzene rings is 1. The van der Waals surface area contributed by atoms with Crippen molar-refractivity contribution in [3.05, 3.63) is 58.7 Å².